The molecule has 0 N–H and O–H groups in total. The summed E-state index contributed by atoms with van der Waals surface area (Å²) in [5.41, 5.74) is 0. The summed E-state index contributed by atoms with van der Waals surface area (Å²) in [4.78, 5) is 36.4. The molecule has 0 aliphatic rings. The fourth-order valence-electron chi connectivity index (χ4n) is 5.58. The SMILES string of the molecule is CCCCCCCC/C=C/CCCCCCCC(=O)OCC(COC(=O)CCCCCCC/C=C/CCCCCCCC)OC(=O)CC. The first-order valence-electron chi connectivity index (χ1n) is 20.3. The summed E-state index contributed by atoms with van der Waals surface area (Å²) < 4.78 is 16.1. The molecule has 0 aromatic rings. The molecule has 0 aliphatic carbocycles. The van der Waals surface area contributed by atoms with E-state index in [4.69, 9.17) is 14.2 Å². The van der Waals surface area contributed by atoms with Crippen molar-refractivity contribution in [2.24, 2.45) is 0 Å². The third-order valence-corrected chi connectivity index (χ3v) is 8.73. The lowest BCUT2D eigenvalue weighted by Crippen LogP contribution is -2.30. The Balaban J connectivity index is 3.86. The van der Waals surface area contributed by atoms with Crippen molar-refractivity contribution in [2.45, 2.75) is 213 Å². The van der Waals surface area contributed by atoms with E-state index in [-0.39, 0.29) is 31.6 Å². The van der Waals surface area contributed by atoms with Crippen molar-refractivity contribution in [3.63, 3.8) is 0 Å². The molecular weight excluding hydrogens is 600 g/mol. The Morgan fingerprint density at radius 1 is 0.417 bits per heavy atom. The first-order valence-corrected chi connectivity index (χ1v) is 20.3. The molecule has 0 fully saturated rings. The van der Waals surface area contributed by atoms with E-state index in [0.717, 1.165) is 51.4 Å². The summed E-state index contributed by atoms with van der Waals surface area (Å²) in [5, 5.41) is 0. The number of hydrogen-bond acceptors (Lipinski definition) is 6. The number of unbranched alkanes of at least 4 members (excludes halogenated alkanes) is 22. The second-order valence-corrected chi connectivity index (χ2v) is 13.5. The van der Waals surface area contributed by atoms with Gasteiger partial charge in [0.2, 0.25) is 0 Å². The van der Waals surface area contributed by atoms with E-state index in [1.807, 2.05) is 0 Å². The Bertz CT molecular complexity index is 733. The van der Waals surface area contributed by atoms with Gasteiger partial charge in [-0.3, -0.25) is 14.4 Å². The monoisotopic (exact) mass is 677 g/mol. The minimum Gasteiger partial charge on any atom is -0.462 e. The molecule has 280 valence electrons. The van der Waals surface area contributed by atoms with Crippen LogP contribution in [0.15, 0.2) is 24.3 Å². The normalized spacial score (nSPS) is 11.6. The topological polar surface area (TPSA) is 78.9 Å². The molecule has 0 aliphatic heterocycles. The summed E-state index contributed by atoms with van der Waals surface area (Å²) in [7, 11) is 0. The maximum atomic E-state index is 12.3. The third-order valence-electron chi connectivity index (χ3n) is 8.73. The highest BCUT2D eigenvalue weighted by Gasteiger charge is 2.18. The number of allylic oxidation sites excluding steroid dienone is 4. The number of hydrogen-bond donors (Lipinski definition) is 0. The Morgan fingerprint density at radius 3 is 1.06 bits per heavy atom. The number of carbonyl (C=O) groups is 3. The van der Waals surface area contributed by atoms with Gasteiger partial charge >= 0.3 is 17.9 Å². The van der Waals surface area contributed by atoms with Crippen LogP contribution in [0, 0.1) is 0 Å². The standard InChI is InChI=1S/C42H76O6/c1-4-7-9-11-13-15-17-19-21-23-25-27-29-31-33-35-41(44)46-37-39(48-40(43)6-3)38-47-42(45)36-34-32-30-28-26-24-22-20-18-16-14-12-10-8-5-2/h19-22,39H,4-18,23-38H2,1-3H3/b21-19+,22-20+. The van der Waals surface area contributed by atoms with Gasteiger partial charge < -0.3 is 14.2 Å². The van der Waals surface area contributed by atoms with Gasteiger partial charge in [0.15, 0.2) is 6.10 Å². The van der Waals surface area contributed by atoms with Crippen molar-refractivity contribution < 1.29 is 28.6 Å². The molecule has 0 spiro atoms. The van der Waals surface area contributed by atoms with Crippen LogP contribution in [0.25, 0.3) is 0 Å². The first-order chi connectivity index (χ1) is 23.5. The van der Waals surface area contributed by atoms with Crippen LogP contribution in [0.2, 0.25) is 0 Å². The highest BCUT2D eigenvalue weighted by molar-refractivity contribution is 5.70. The molecule has 0 aromatic carbocycles. The molecule has 0 saturated heterocycles. The predicted molar refractivity (Wildman–Crippen MR) is 201 cm³/mol. The number of rotatable bonds is 36. The van der Waals surface area contributed by atoms with Gasteiger partial charge in [0.25, 0.3) is 0 Å². The quantitative estimate of drug-likeness (QED) is 0.0284. The molecule has 0 bridgehead atoms. The zero-order valence-corrected chi connectivity index (χ0v) is 31.8. The van der Waals surface area contributed by atoms with Gasteiger partial charge in [0, 0.05) is 19.3 Å². The molecule has 6 heteroatoms. The minimum atomic E-state index is -0.770. The fraction of sp³-hybridized carbons (Fsp3) is 0.833. The molecule has 0 aromatic heterocycles. The lowest BCUT2D eigenvalue weighted by Gasteiger charge is -2.18. The maximum Gasteiger partial charge on any atom is 0.306 e. The zero-order chi connectivity index (χ0) is 35.2. The molecule has 0 atom stereocenters. The maximum absolute atomic E-state index is 12.3. The van der Waals surface area contributed by atoms with Crippen LogP contribution in [0.1, 0.15) is 207 Å². The first kappa shape index (κ1) is 45.9. The second-order valence-electron chi connectivity index (χ2n) is 13.5. The molecule has 0 saturated carbocycles. The summed E-state index contributed by atoms with van der Waals surface area (Å²) in [5.74, 6) is -1.00. The summed E-state index contributed by atoms with van der Waals surface area (Å²) in [6.45, 7) is 6.04. The van der Waals surface area contributed by atoms with E-state index in [1.165, 1.54) is 116 Å². The van der Waals surface area contributed by atoms with Crippen LogP contribution in [0.5, 0.6) is 0 Å². The number of ether oxygens (including phenoxy) is 3. The molecule has 0 amide bonds. The van der Waals surface area contributed by atoms with Gasteiger partial charge in [0.1, 0.15) is 13.2 Å². The Hall–Kier alpha value is -2.11. The largest absolute Gasteiger partial charge is 0.462 e. The van der Waals surface area contributed by atoms with E-state index >= 15 is 0 Å². The van der Waals surface area contributed by atoms with Crippen LogP contribution in [0.3, 0.4) is 0 Å². The van der Waals surface area contributed by atoms with E-state index < -0.39 is 12.1 Å². The second kappa shape index (κ2) is 37.7. The molecule has 0 rings (SSSR count). The van der Waals surface area contributed by atoms with Crippen LogP contribution < -0.4 is 0 Å². The van der Waals surface area contributed by atoms with Crippen molar-refractivity contribution in [3.05, 3.63) is 24.3 Å². The Labute approximate surface area is 296 Å². The van der Waals surface area contributed by atoms with E-state index in [2.05, 4.69) is 38.2 Å². The molecule has 48 heavy (non-hydrogen) atoms. The van der Waals surface area contributed by atoms with Crippen molar-refractivity contribution in [3.8, 4) is 0 Å². The molecule has 6 nitrogen and oxygen atoms in total. The summed E-state index contributed by atoms with van der Waals surface area (Å²) in [6, 6.07) is 0. The number of carbonyl (C=O) groups excluding carboxylic acids is 3. The van der Waals surface area contributed by atoms with Gasteiger partial charge in [-0.05, 0) is 64.2 Å². The van der Waals surface area contributed by atoms with Crippen LogP contribution >= 0.6 is 0 Å². The van der Waals surface area contributed by atoms with Gasteiger partial charge in [-0.2, -0.15) is 0 Å². The highest BCUT2D eigenvalue weighted by atomic mass is 16.6. The van der Waals surface area contributed by atoms with Crippen LogP contribution in [0.4, 0.5) is 0 Å². The summed E-state index contributed by atoms with van der Waals surface area (Å²) >= 11 is 0. The molecule has 0 heterocycles. The van der Waals surface area contributed by atoms with Crippen LogP contribution in [-0.4, -0.2) is 37.2 Å². The predicted octanol–water partition coefficient (Wildman–Crippen LogP) is 12.5. The minimum absolute atomic E-state index is 0.0870. The van der Waals surface area contributed by atoms with Crippen molar-refractivity contribution in [1.29, 1.82) is 0 Å². The van der Waals surface area contributed by atoms with Gasteiger partial charge in [-0.15, -0.1) is 0 Å². The van der Waals surface area contributed by atoms with Crippen LogP contribution in [-0.2, 0) is 28.6 Å². The van der Waals surface area contributed by atoms with Gasteiger partial charge in [-0.1, -0.05) is 148 Å². The van der Waals surface area contributed by atoms with E-state index in [9.17, 15) is 14.4 Å². The van der Waals surface area contributed by atoms with E-state index in [1.54, 1.807) is 6.92 Å². The smallest absolute Gasteiger partial charge is 0.306 e. The lowest BCUT2D eigenvalue weighted by molar-refractivity contribution is -0.166. The average molecular weight is 677 g/mol. The van der Waals surface area contributed by atoms with Crippen molar-refractivity contribution in [2.75, 3.05) is 13.2 Å². The molecule has 0 radical (unpaired) electrons. The third kappa shape index (κ3) is 35.2. The number of esters is 3. The average Bonchev–Trinajstić information content (AvgIpc) is 3.09. The summed E-state index contributed by atoms with van der Waals surface area (Å²) in [6.07, 6.45) is 40.8. The fourth-order valence-corrected chi connectivity index (χ4v) is 5.58. The lowest BCUT2D eigenvalue weighted by atomic mass is 10.1. The Kier molecular flexibility index (Phi) is 36.0. The van der Waals surface area contributed by atoms with Crippen molar-refractivity contribution in [1.82, 2.24) is 0 Å². The molecular formula is C42H76O6. The van der Waals surface area contributed by atoms with Gasteiger partial charge in [-0.25, -0.2) is 0 Å². The molecule has 0 unspecified atom stereocenters. The van der Waals surface area contributed by atoms with Crippen molar-refractivity contribution >= 4 is 17.9 Å². The zero-order valence-electron chi connectivity index (χ0n) is 31.8. The highest BCUT2D eigenvalue weighted by Crippen LogP contribution is 2.13. The van der Waals surface area contributed by atoms with E-state index in [0.29, 0.717) is 12.8 Å². The Morgan fingerprint density at radius 2 is 0.729 bits per heavy atom. The van der Waals surface area contributed by atoms with Gasteiger partial charge in [0.05, 0.1) is 0 Å².